The van der Waals surface area contributed by atoms with Crippen LogP contribution in [0.5, 0.6) is 11.5 Å². The van der Waals surface area contributed by atoms with Gasteiger partial charge in [0.05, 0.1) is 10.5 Å². The van der Waals surface area contributed by atoms with Crippen LogP contribution in [0.2, 0.25) is 5.02 Å². The van der Waals surface area contributed by atoms with Crippen LogP contribution in [0.15, 0.2) is 71.9 Å². The van der Waals surface area contributed by atoms with Gasteiger partial charge in [-0.05, 0) is 43.0 Å². The molecule has 0 amide bonds. The maximum absolute atomic E-state index is 8.55. The SMILES string of the molecule is CC[n+]1cc(Oc2ccccc2)c(SC)c(-c2cccc(Cl)c2)c1.O=P([O-])([O-])[O-].[Na+].[Na+]. The van der Waals surface area contributed by atoms with Crippen LogP contribution in [0.4, 0.5) is 0 Å². The van der Waals surface area contributed by atoms with E-state index in [1.165, 1.54) is 0 Å². The molecule has 0 bridgehead atoms. The summed E-state index contributed by atoms with van der Waals surface area (Å²) in [6, 6.07) is 17.8. The van der Waals surface area contributed by atoms with E-state index >= 15 is 0 Å². The normalized spacial score (nSPS) is 10.1. The van der Waals surface area contributed by atoms with Gasteiger partial charge in [0.2, 0.25) is 11.9 Å². The third-order valence-corrected chi connectivity index (χ3v) is 4.79. The summed E-state index contributed by atoms with van der Waals surface area (Å²) in [6.07, 6.45) is 6.26. The Labute approximate surface area is 235 Å². The number of thioether (sulfide) groups is 1. The first kappa shape index (κ1) is 31.1. The van der Waals surface area contributed by atoms with Gasteiger partial charge in [-0.3, -0.25) is 0 Å². The van der Waals surface area contributed by atoms with Crippen molar-refractivity contribution in [3.05, 3.63) is 72.0 Å². The summed E-state index contributed by atoms with van der Waals surface area (Å²) in [5, 5.41) is 0.733. The van der Waals surface area contributed by atoms with Crippen molar-refractivity contribution >= 4 is 31.2 Å². The molecule has 154 valence electrons. The molecule has 11 heteroatoms. The van der Waals surface area contributed by atoms with Crippen LogP contribution in [0.1, 0.15) is 6.92 Å². The zero-order valence-electron chi connectivity index (χ0n) is 17.8. The van der Waals surface area contributed by atoms with Crippen LogP contribution in [-0.4, -0.2) is 6.26 Å². The van der Waals surface area contributed by atoms with Crippen molar-refractivity contribution in [3.63, 3.8) is 0 Å². The number of hydrogen-bond donors (Lipinski definition) is 0. The summed E-state index contributed by atoms with van der Waals surface area (Å²) in [6.45, 7) is 2.99. The molecule has 0 atom stereocenters. The monoisotopic (exact) mass is 497 g/mol. The second-order valence-corrected chi connectivity index (χ2v) is 7.92. The van der Waals surface area contributed by atoms with Gasteiger partial charge in [-0.15, -0.1) is 11.8 Å². The van der Waals surface area contributed by atoms with E-state index in [4.69, 9.17) is 35.6 Å². The molecule has 0 aliphatic heterocycles. The molecular formula is C20H19ClNNa2O5PS. The number of aromatic nitrogens is 1. The Morgan fingerprint density at radius 1 is 1.03 bits per heavy atom. The minimum Gasteiger partial charge on any atom is -0.822 e. The Morgan fingerprint density at radius 3 is 2.16 bits per heavy atom. The fourth-order valence-electron chi connectivity index (χ4n) is 2.55. The van der Waals surface area contributed by atoms with Gasteiger partial charge in [-0.25, -0.2) is 4.57 Å². The molecule has 0 unspecified atom stereocenters. The Kier molecular flexibility index (Phi) is 15.2. The molecule has 1 heterocycles. The van der Waals surface area contributed by atoms with Crippen molar-refractivity contribution in [3.8, 4) is 22.6 Å². The van der Waals surface area contributed by atoms with Crippen molar-refractivity contribution < 1.29 is 87.7 Å². The van der Waals surface area contributed by atoms with E-state index in [-0.39, 0.29) is 59.1 Å². The van der Waals surface area contributed by atoms with Crippen molar-refractivity contribution in [1.82, 2.24) is 0 Å². The fraction of sp³-hybridized carbons (Fsp3) is 0.150. The second kappa shape index (κ2) is 15.1. The molecule has 2 aromatic carbocycles. The first-order valence-corrected chi connectivity index (χ1v) is 11.6. The number of phosphoric acid groups is 1. The second-order valence-electron chi connectivity index (χ2n) is 5.77. The number of nitrogens with zero attached hydrogens (tertiary/aromatic N) is 1. The number of pyridine rings is 1. The number of benzene rings is 2. The van der Waals surface area contributed by atoms with E-state index in [1.807, 2.05) is 54.7 Å². The summed E-state index contributed by atoms with van der Waals surface area (Å²) in [7, 11) is -5.39. The standard InChI is InChI=1S/C20H19ClNOS.2Na.H3O4P/c1-3-22-13-18(15-8-7-9-16(21)12-15)20(24-2)19(14-22)23-17-10-5-4-6-11-17;;;1-5(2,3)4/h4-14H,3H2,1-2H3;;;(H3,1,2,3,4)/q3*+1;/p-3. The summed E-state index contributed by atoms with van der Waals surface area (Å²) in [5.74, 6) is 1.69. The van der Waals surface area contributed by atoms with Gasteiger partial charge in [0, 0.05) is 5.02 Å². The molecule has 3 aromatic rings. The molecule has 0 radical (unpaired) electrons. The quantitative estimate of drug-likeness (QED) is 0.161. The van der Waals surface area contributed by atoms with Crippen molar-refractivity contribution in [2.24, 2.45) is 0 Å². The summed E-state index contributed by atoms with van der Waals surface area (Å²) in [4.78, 5) is 26.7. The first-order chi connectivity index (χ1) is 13.7. The predicted molar refractivity (Wildman–Crippen MR) is 109 cm³/mol. The van der Waals surface area contributed by atoms with Crippen LogP contribution >= 0.6 is 31.2 Å². The van der Waals surface area contributed by atoms with Gasteiger partial charge in [0.1, 0.15) is 12.3 Å². The van der Waals surface area contributed by atoms with Crippen LogP contribution in [0.25, 0.3) is 11.1 Å². The van der Waals surface area contributed by atoms with Crippen LogP contribution in [0, 0.1) is 0 Å². The molecule has 31 heavy (non-hydrogen) atoms. The van der Waals surface area contributed by atoms with E-state index in [1.54, 1.807) is 11.8 Å². The Bertz CT molecular complexity index is 1000. The summed E-state index contributed by atoms with van der Waals surface area (Å²) < 4.78 is 16.8. The molecule has 0 saturated carbocycles. The van der Waals surface area contributed by atoms with Crippen LogP contribution in [0.3, 0.4) is 0 Å². The predicted octanol–water partition coefficient (Wildman–Crippen LogP) is -2.99. The van der Waals surface area contributed by atoms with E-state index in [2.05, 4.69) is 30.0 Å². The van der Waals surface area contributed by atoms with Crippen LogP contribution in [-0.2, 0) is 11.1 Å². The van der Waals surface area contributed by atoms with Crippen molar-refractivity contribution in [1.29, 1.82) is 0 Å². The zero-order chi connectivity index (χ0) is 21.4. The molecule has 0 spiro atoms. The molecule has 0 fully saturated rings. The number of halogens is 1. The molecule has 0 aliphatic rings. The smallest absolute Gasteiger partial charge is 0.822 e. The van der Waals surface area contributed by atoms with Gasteiger partial charge in [0.15, 0.2) is 6.20 Å². The van der Waals surface area contributed by atoms with E-state index in [9.17, 15) is 0 Å². The van der Waals surface area contributed by atoms with Crippen molar-refractivity contribution in [2.75, 3.05) is 6.26 Å². The third kappa shape index (κ3) is 11.2. The maximum Gasteiger partial charge on any atom is 1.00 e. The first-order valence-electron chi connectivity index (χ1n) is 8.54. The van der Waals surface area contributed by atoms with E-state index in [0.717, 1.165) is 39.1 Å². The van der Waals surface area contributed by atoms with Gasteiger partial charge in [-0.1, -0.05) is 41.9 Å². The van der Waals surface area contributed by atoms with Gasteiger partial charge >= 0.3 is 59.1 Å². The summed E-state index contributed by atoms with van der Waals surface area (Å²) >= 11 is 7.87. The molecule has 6 nitrogen and oxygen atoms in total. The van der Waals surface area contributed by atoms with Gasteiger partial charge in [0.25, 0.3) is 0 Å². The molecule has 3 rings (SSSR count). The Morgan fingerprint density at radius 2 is 1.65 bits per heavy atom. The molecular weight excluding hydrogens is 479 g/mol. The number of ether oxygens (including phenoxy) is 1. The van der Waals surface area contributed by atoms with Crippen LogP contribution < -0.4 is 83.1 Å². The maximum atomic E-state index is 8.55. The van der Waals surface area contributed by atoms with Crippen molar-refractivity contribution in [2.45, 2.75) is 18.4 Å². The Balaban J connectivity index is 0.00000116. The number of hydrogen-bond acceptors (Lipinski definition) is 6. The summed E-state index contributed by atoms with van der Waals surface area (Å²) in [5.41, 5.74) is 2.22. The largest absolute Gasteiger partial charge is 1.00 e. The molecule has 0 aliphatic carbocycles. The molecule has 1 aromatic heterocycles. The number of para-hydroxylation sites is 1. The number of aryl methyl sites for hydroxylation is 1. The topological polar surface area (TPSA) is 99.4 Å². The zero-order valence-corrected chi connectivity index (χ0v) is 24.2. The minimum absolute atomic E-state index is 0. The third-order valence-electron chi connectivity index (χ3n) is 3.72. The molecule has 0 N–H and O–H groups in total. The van der Waals surface area contributed by atoms with Gasteiger partial charge in [-0.2, -0.15) is 7.82 Å². The average molecular weight is 498 g/mol. The minimum atomic E-state index is -5.39. The van der Waals surface area contributed by atoms with E-state index < -0.39 is 7.82 Å². The number of rotatable bonds is 5. The van der Waals surface area contributed by atoms with Gasteiger partial charge < -0.3 is 24.0 Å². The average Bonchev–Trinajstić information content (AvgIpc) is 2.67. The van der Waals surface area contributed by atoms with E-state index in [0.29, 0.717) is 0 Å². The molecule has 0 saturated heterocycles. The Hall–Kier alpha value is 0.140. The fourth-order valence-corrected chi connectivity index (χ4v) is 3.42.